The molecule has 27 heavy (non-hydrogen) atoms. The van der Waals surface area contributed by atoms with Crippen molar-refractivity contribution in [2.45, 2.75) is 58.0 Å². The topological polar surface area (TPSA) is 65.7 Å². The molecule has 0 spiro atoms. The first-order chi connectivity index (χ1) is 13.2. The third-order valence-electron chi connectivity index (χ3n) is 5.26. The first-order valence-electron chi connectivity index (χ1n) is 9.69. The molecule has 0 radical (unpaired) electrons. The van der Waals surface area contributed by atoms with E-state index in [2.05, 4.69) is 43.8 Å². The Bertz CT molecular complexity index is 867. The van der Waals surface area contributed by atoms with Crippen molar-refractivity contribution in [2.24, 2.45) is 0 Å². The van der Waals surface area contributed by atoms with Gasteiger partial charge in [0.1, 0.15) is 23.6 Å². The quantitative estimate of drug-likeness (QED) is 0.685. The van der Waals surface area contributed by atoms with Crippen LogP contribution in [0.4, 0.5) is 0 Å². The molecule has 6 heteroatoms. The van der Waals surface area contributed by atoms with Crippen molar-refractivity contribution in [1.29, 1.82) is 0 Å². The molecular weight excluding hydrogens is 338 g/mol. The molecule has 0 bridgehead atoms. The number of ether oxygens (including phenoxy) is 1. The first-order valence-corrected chi connectivity index (χ1v) is 9.69. The lowest BCUT2D eigenvalue weighted by Crippen LogP contribution is -2.25. The maximum Gasteiger partial charge on any atom is 0.213 e. The Labute approximate surface area is 159 Å². The molecule has 0 amide bonds. The molecule has 0 atom stereocenters. The summed E-state index contributed by atoms with van der Waals surface area (Å²) in [4.78, 5) is 8.89. The fourth-order valence-electron chi connectivity index (χ4n) is 3.71. The van der Waals surface area contributed by atoms with Gasteiger partial charge in [0.2, 0.25) is 5.88 Å². The molecule has 3 aromatic rings. The van der Waals surface area contributed by atoms with Gasteiger partial charge in [-0.05, 0) is 56.7 Å². The van der Waals surface area contributed by atoms with Crippen LogP contribution >= 0.6 is 0 Å². The summed E-state index contributed by atoms with van der Waals surface area (Å²) in [6, 6.07) is 9.96. The molecule has 140 valence electrons. The SMILES string of the molecule is CCc1ccc(-n2c(C)nnc2C2CCC(Oc3ccccn3)CC2)nc1. The summed E-state index contributed by atoms with van der Waals surface area (Å²) in [5.74, 6) is 3.88. The van der Waals surface area contributed by atoms with Crippen LogP contribution in [0.25, 0.3) is 5.82 Å². The number of pyridine rings is 2. The molecule has 3 aromatic heterocycles. The Balaban J connectivity index is 1.47. The molecule has 1 fully saturated rings. The van der Waals surface area contributed by atoms with Gasteiger partial charge in [0.25, 0.3) is 0 Å². The van der Waals surface area contributed by atoms with Gasteiger partial charge in [-0.3, -0.25) is 4.57 Å². The summed E-state index contributed by atoms with van der Waals surface area (Å²) in [5, 5.41) is 8.82. The Kier molecular flexibility index (Phi) is 5.14. The number of nitrogens with zero attached hydrogens (tertiary/aromatic N) is 5. The van der Waals surface area contributed by atoms with E-state index in [4.69, 9.17) is 4.74 Å². The van der Waals surface area contributed by atoms with Crippen molar-refractivity contribution in [3.63, 3.8) is 0 Å². The third kappa shape index (κ3) is 3.84. The summed E-state index contributed by atoms with van der Waals surface area (Å²) >= 11 is 0. The lowest BCUT2D eigenvalue weighted by atomic mass is 9.86. The molecular formula is C21H25N5O. The number of hydrogen-bond donors (Lipinski definition) is 0. The van der Waals surface area contributed by atoms with Crippen LogP contribution in [0.3, 0.4) is 0 Å². The van der Waals surface area contributed by atoms with Gasteiger partial charge >= 0.3 is 0 Å². The summed E-state index contributed by atoms with van der Waals surface area (Å²) in [7, 11) is 0. The van der Waals surface area contributed by atoms with E-state index in [9.17, 15) is 0 Å². The summed E-state index contributed by atoms with van der Waals surface area (Å²) in [6.45, 7) is 4.12. The molecule has 0 unspecified atom stereocenters. The van der Waals surface area contributed by atoms with Gasteiger partial charge in [-0.2, -0.15) is 0 Å². The molecule has 0 aliphatic heterocycles. The molecule has 6 nitrogen and oxygen atoms in total. The van der Waals surface area contributed by atoms with Crippen LogP contribution in [-0.4, -0.2) is 30.8 Å². The minimum absolute atomic E-state index is 0.218. The summed E-state index contributed by atoms with van der Waals surface area (Å²) < 4.78 is 8.12. The highest BCUT2D eigenvalue weighted by Gasteiger charge is 2.28. The number of aryl methyl sites for hydroxylation is 2. The van der Waals surface area contributed by atoms with Crippen molar-refractivity contribution in [2.75, 3.05) is 0 Å². The summed E-state index contributed by atoms with van der Waals surface area (Å²) in [6.07, 6.45) is 8.96. The average Bonchev–Trinajstić information content (AvgIpc) is 3.11. The minimum Gasteiger partial charge on any atom is -0.474 e. The van der Waals surface area contributed by atoms with Gasteiger partial charge in [0, 0.05) is 24.4 Å². The van der Waals surface area contributed by atoms with E-state index < -0.39 is 0 Å². The molecule has 1 aliphatic rings. The maximum absolute atomic E-state index is 6.02. The van der Waals surface area contributed by atoms with Gasteiger partial charge in [0.05, 0.1) is 0 Å². The summed E-state index contributed by atoms with van der Waals surface area (Å²) in [5.41, 5.74) is 1.23. The first kappa shape index (κ1) is 17.6. The van der Waals surface area contributed by atoms with Crippen molar-refractivity contribution in [3.8, 4) is 11.7 Å². The van der Waals surface area contributed by atoms with Gasteiger partial charge in [-0.25, -0.2) is 9.97 Å². The van der Waals surface area contributed by atoms with Crippen LogP contribution in [-0.2, 0) is 6.42 Å². The molecule has 0 saturated heterocycles. The van der Waals surface area contributed by atoms with Crippen molar-refractivity contribution in [1.82, 2.24) is 24.7 Å². The Morgan fingerprint density at radius 1 is 1.04 bits per heavy atom. The Morgan fingerprint density at radius 3 is 2.56 bits per heavy atom. The zero-order chi connectivity index (χ0) is 18.6. The van der Waals surface area contributed by atoms with E-state index in [1.165, 1.54) is 5.56 Å². The van der Waals surface area contributed by atoms with E-state index >= 15 is 0 Å². The zero-order valence-electron chi connectivity index (χ0n) is 15.9. The smallest absolute Gasteiger partial charge is 0.213 e. The van der Waals surface area contributed by atoms with Crippen LogP contribution in [0.5, 0.6) is 5.88 Å². The van der Waals surface area contributed by atoms with Gasteiger partial charge < -0.3 is 4.74 Å². The lowest BCUT2D eigenvalue weighted by molar-refractivity contribution is 0.139. The average molecular weight is 363 g/mol. The van der Waals surface area contributed by atoms with E-state index in [1.807, 2.05) is 31.3 Å². The van der Waals surface area contributed by atoms with Crippen LogP contribution < -0.4 is 4.74 Å². The zero-order valence-corrected chi connectivity index (χ0v) is 15.9. The lowest BCUT2D eigenvalue weighted by Gasteiger charge is -2.28. The predicted molar refractivity (Wildman–Crippen MR) is 103 cm³/mol. The molecule has 4 rings (SSSR count). The van der Waals surface area contributed by atoms with Gasteiger partial charge in [-0.1, -0.05) is 19.1 Å². The van der Waals surface area contributed by atoms with Crippen LogP contribution in [0.15, 0.2) is 42.7 Å². The second kappa shape index (κ2) is 7.86. The van der Waals surface area contributed by atoms with Crippen LogP contribution in [0, 0.1) is 6.92 Å². The number of rotatable bonds is 5. The van der Waals surface area contributed by atoms with Crippen LogP contribution in [0.1, 0.15) is 55.7 Å². The molecule has 1 saturated carbocycles. The fraction of sp³-hybridized carbons (Fsp3) is 0.429. The van der Waals surface area contributed by atoms with E-state index in [1.54, 1.807) is 6.20 Å². The fourth-order valence-corrected chi connectivity index (χ4v) is 3.71. The molecule has 3 heterocycles. The number of aromatic nitrogens is 5. The maximum atomic E-state index is 6.02. The predicted octanol–water partition coefficient (Wildman–Crippen LogP) is 4.03. The second-order valence-electron chi connectivity index (χ2n) is 7.08. The highest BCUT2D eigenvalue weighted by Crippen LogP contribution is 2.34. The standard InChI is InChI=1S/C21H25N5O/c1-3-16-7-12-19(23-14-16)26-15(2)24-25-21(26)17-8-10-18(11-9-17)27-20-6-4-5-13-22-20/h4-7,12-14,17-18H,3,8-11H2,1-2H3. The van der Waals surface area contributed by atoms with E-state index in [0.717, 1.165) is 49.6 Å². The highest BCUT2D eigenvalue weighted by atomic mass is 16.5. The van der Waals surface area contributed by atoms with Crippen molar-refractivity contribution >= 4 is 0 Å². The van der Waals surface area contributed by atoms with E-state index in [-0.39, 0.29) is 6.10 Å². The minimum atomic E-state index is 0.218. The van der Waals surface area contributed by atoms with Crippen LogP contribution in [0.2, 0.25) is 0 Å². The normalized spacial score (nSPS) is 19.8. The monoisotopic (exact) mass is 363 g/mol. The second-order valence-corrected chi connectivity index (χ2v) is 7.08. The highest BCUT2D eigenvalue weighted by molar-refractivity contribution is 5.29. The van der Waals surface area contributed by atoms with Gasteiger partial charge in [-0.15, -0.1) is 10.2 Å². The Morgan fingerprint density at radius 2 is 1.89 bits per heavy atom. The Hall–Kier alpha value is -2.76. The largest absolute Gasteiger partial charge is 0.474 e. The van der Waals surface area contributed by atoms with Gasteiger partial charge in [0.15, 0.2) is 0 Å². The number of hydrogen-bond acceptors (Lipinski definition) is 5. The molecule has 0 N–H and O–H groups in total. The van der Waals surface area contributed by atoms with Crippen molar-refractivity contribution < 1.29 is 4.74 Å². The van der Waals surface area contributed by atoms with E-state index in [0.29, 0.717) is 11.8 Å². The molecule has 1 aliphatic carbocycles. The van der Waals surface area contributed by atoms with Crippen molar-refractivity contribution in [3.05, 3.63) is 59.9 Å². The third-order valence-corrected chi connectivity index (χ3v) is 5.26. The molecule has 0 aromatic carbocycles.